The zero-order valence-electron chi connectivity index (χ0n) is 22.4. The molecule has 44 heavy (non-hydrogen) atoms. The van der Waals surface area contributed by atoms with Gasteiger partial charge in [0, 0.05) is 6.42 Å². The smallest absolute Gasteiger partial charge is 0.376 e. The van der Waals surface area contributed by atoms with Gasteiger partial charge in [0.1, 0.15) is 18.4 Å². The Morgan fingerprint density at radius 2 is 1.16 bits per heavy atom. The SMILES string of the molecule is O=S(=O)(C[n+]1ccn([C@@H](Cc2ccccc2)C(O)(c2ccccc2)c2ccccc2)c1)C(F)(F)C(F)(F)C(F)(F)C(F)(F)F. The summed E-state index contributed by atoms with van der Waals surface area (Å²) in [6.45, 7) is 0. The first kappa shape index (κ1) is 33.1. The number of sulfone groups is 1. The maximum absolute atomic E-state index is 14.4. The Morgan fingerprint density at radius 3 is 1.61 bits per heavy atom. The first-order chi connectivity index (χ1) is 20.4. The first-order valence-electron chi connectivity index (χ1n) is 12.7. The van der Waals surface area contributed by atoms with E-state index in [2.05, 4.69) is 0 Å². The largest absolute Gasteiger partial charge is 0.460 e. The molecule has 3 aromatic carbocycles. The molecule has 0 saturated carbocycles. The van der Waals surface area contributed by atoms with E-state index in [9.17, 15) is 53.0 Å². The molecule has 0 fully saturated rings. The fourth-order valence-electron chi connectivity index (χ4n) is 4.75. The van der Waals surface area contributed by atoms with E-state index in [1.807, 2.05) is 0 Å². The summed E-state index contributed by atoms with van der Waals surface area (Å²) in [5.74, 6) is -16.8. The van der Waals surface area contributed by atoms with Gasteiger partial charge in [0.15, 0.2) is 11.5 Å². The van der Waals surface area contributed by atoms with E-state index in [1.165, 1.54) is 4.57 Å². The first-order valence-corrected chi connectivity index (χ1v) is 14.4. The fraction of sp³-hybridized carbons (Fsp3) is 0.276. The Bertz CT molecular complexity index is 1620. The molecule has 1 aromatic heterocycles. The quantitative estimate of drug-likeness (QED) is 0.153. The molecule has 0 radical (unpaired) electrons. The molecular weight excluding hydrogens is 627 g/mol. The van der Waals surface area contributed by atoms with Crippen molar-refractivity contribution >= 4 is 9.84 Å². The van der Waals surface area contributed by atoms with Crippen molar-refractivity contribution in [1.29, 1.82) is 0 Å². The minimum Gasteiger partial charge on any atom is -0.376 e. The van der Waals surface area contributed by atoms with Gasteiger partial charge in [-0.3, -0.25) is 0 Å². The van der Waals surface area contributed by atoms with Gasteiger partial charge in [-0.25, -0.2) is 17.6 Å². The fourth-order valence-corrected chi connectivity index (χ4v) is 5.97. The molecule has 0 spiro atoms. The van der Waals surface area contributed by atoms with Crippen LogP contribution in [0.15, 0.2) is 110 Å². The molecule has 0 bridgehead atoms. The lowest BCUT2D eigenvalue weighted by Gasteiger charge is -2.35. The second kappa shape index (κ2) is 11.6. The van der Waals surface area contributed by atoms with E-state index >= 15 is 0 Å². The van der Waals surface area contributed by atoms with Gasteiger partial charge in [-0.05, 0) is 16.7 Å². The van der Waals surface area contributed by atoms with Crippen molar-refractivity contribution in [2.45, 2.75) is 47.2 Å². The Hall–Kier alpha value is -3.85. The summed E-state index contributed by atoms with van der Waals surface area (Å²) in [6.07, 6.45) is -4.34. The highest BCUT2D eigenvalue weighted by Gasteiger charge is 2.85. The molecule has 0 saturated heterocycles. The molecule has 1 atom stereocenters. The molecule has 0 unspecified atom stereocenters. The van der Waals surface area contributed by atoms with Crippen molar-refractivity contribution in [3.05, 3.63) is 126 Å². The number of imidazole rings is 1. The zero-order chi connectivity index (χ0) is 32.6. The molecule has 5 nitrogen and oxygen atoms in total. The van der Waals surface area contributed by atoms with Gasteiger partial charge in [-0.15, -0.1) is 0 Å². The Morgan fingerprint density at radius 1 is 0.705 bits per heavy atom. The minimum atomic E-state index is -7.37. The third-order valence-corrected chi connectivity index (χ3v) is 8.75. The zero-order valence-corrected chi connectivity index (χ0v) is 23.2. The normalized spacial score (nSPS) is 14.4. The molecule has 15 heteroatoms. The van der Waals surface area contributed by atoms with E-state index in [4.69, 9.17) is 0 Å². The number of rotatable bonds is 11. The molecule has 1 heterocycles. The summed E-state index contributed by atoms with van der Waals surface area (Å²) in [7, 11) is -6.70. The van der Waals surface area contributed by atoms with Gasteiger partial charge in [0.2, 0.25) is 6.33 Å². The van der Waals surface area contributed by atoms with Gasteiger partial charge >= 0.3 is 23.3 Å². The summed E-state index contributed by atoms with van der Waals surface area (Å²) in [6, 6.07) is 23.9. The third kappa shape index (κ3) is 5.70. The van der Waals surface area contributed by atoms with Crippen LogP contribution >= 0.6 is 0 Å². The number of nitrogens with zero attached hydrogens (tertiary/aromatic N) is 2. The Labute approximate surface area is 245 Å². The molecule has 4 aromatic rings. The number of aromatic nitrogens is 2. The molecule has 1 N–H and O–H groups in total. The molecule has 0 aliphatic heterocycles. The number of benzene rings is 3. The van der Waals surface area contributed by atoms with Gasteiger partial charge in [-0.2, -0.15) is 39.5 Å². The van der Waals surface area contributed by atoms with E-state index in [0.29, 0.717) is 21.3 Å². The highest BCUT2D eigenvalue weighted by Crippen LogP contribution is 2.55. The van der Waals surface area contributed by atoms with Crippen LogP contribution in [0, 0.1) is 0 Å². The Balaban J connectivity index is 1.80. The monoisotopic (exact) mass is 651 g/mol. The number of alkyl halides is 9. The van der Waals surface area contributed by atoms with E-state index in [1.54, 1.807) is 91.0 Å². The second-order valence-electron chi connectivity index (χ2n) is 9.99. The average Bonchev–Trinajstić information content (AvgIpc) is 3.43. The van der Waals surface area contributed by atoms with Crippen molar-refractivity contribution < 1.29 is 57.6 Å². The standard InChI is InChI=1S/C29H24F9N2O3S/c30-26(31,28(34,35)36)27(32,33)29(37,38)44(42,43)20-39-16-17-40(19-39)24(18-21-10-4-1-5-11-21)25(41,22-12-6-2-7-13-22)23-14-8-3-9-15-23/h1-17,19,24,41H,18,20H2/q+1/t24-/m0/s1. The van der Waals surface area contributed by atoms with Crippen LogP contribution in [0.2, 0.25) is 0 Å². The lowest BCUT2D eigenvalue weighted by Crippen LogP contribution is -2.64. The van der Waals surface area contributed by atoms with Crippen LogP contribution in [-0.4, -0.2) is 41.4 Å². The van der Waals surface area contributed by atoms with Crippen LogP contribution in [0.3, 0.4) is 0 Å². The topological polar surface area (TPSA) is 63.2 Å². The van der Waals surface area contributed by atoms with Crippen LogP contribution in [0.5, 0.6) is 0 Å². The van der Waals surface area contributed by atoms with Crippen LogP contribution in [0.1, 0.15) is 22.7 Å². The van der Waals surface area contributed by atoms with Crippen molar-refractivity contribution in [1.82, 2.24) is 4.57 Å². The molecular formula is C29H24F9N2O3S+. The van der Waals surface area contributed by atoms with Gasteiger partial charge < -0.3 is 5.11 Å². The third-order valence-electron chi connectivity index (χ3n) is 7.08. The summed E-state index contributed by atoms with van der Waals surface area (Å²) >= 11 is 0. The Kier molecular flexibility index (Phi) is 8.70. The number of hydrogen-bond donors (Lipinski definition) is 1. The lowest BCUT2D eigenvalue weighted by molar-refractivity contribution is -0.677. The van der Waals surface area contributed by atoms with Crippen molar-refractivity contribution in [2.24, 2.45) is 0 Å². The van der Waals surface area contributed by atoms with Gasteiger partial charge in [0.05, 0.1) is 0 Å². The van der Waals surface area contributed by atoms with Crippen LogP contribution < -0.4 is 4.57 Å². The number of aliphatic hydroxyl groups is 1. The van der Waals surface area contributed by atoms with Crippen molar-refractivity contribution in [3.63, 3.8) is 0 Å². The average molecular weight is 652 g/mol. The summed E-state index contributed by atoms with van der Waals surface area (Å²) in [4.78, 5) is 0. The lowest BCUT2D eigenvalue weighted by atomic mass is 9.77. The molecule has 4 rings (SSSR count). The summed E-state index contributed by atoms with van der Waals surface area (Å²) in [5, 5.41) is 5.59. The molecule has 0 aliphatic carbocycles. The van der Waals surface area contributed by atoms with E-state index < -0.39 is 50.6 Å². The predicted molar refractivity (Wildman–Crippen MR) is 140 cm³/mol. The summed E-state index contributed by atoms with van der Waals surface area (Å²) < 4.78 is 147. The summed E-state index contributed by atoms with van der Waals surface area (Å²) in [5.41, 5.74) is -0.503. The highest BCUT2D eigenvalue weighted by molar-refractivity contribution is 7.91. The predicted octanol–water partition coefficient (Wildman–Crippen LogP) is 6.29. The molecule has 236 valence electrons. The number of halogens is 9. The van der Waals surface area contributed by atoms with E-state index in [-0.39, 0.29) is 6.42 Å². The maximum Gasteiger partial charge on any atom is 0.460 e. The molecule has 0 aliphatic rings. The van der Waals surface area contributed by atoms with Crippen molar-refractivity contribution in [2.75, 3.05) is 0 Å². The van der Waals surface area contributed by atoms with Crippen molar-refractivity contribution in [3.8, 4) is 0 Å². The molecule has 0 amide bonds. The van der Waals surface area contributed by atoms with Crippen LogP contribution in [0.4, 0.5) is 39.5 Å². The maximum atomic E-state index is 14.4. The highest BCUT2D eigenvalue weighted by atomic mass is 32.2. The minimum absolute atomic E-state index is 0.0363. The van der Waals surface area contributed by atoms with Crippen LogP contribution in [0.25, 0.3) is 0 Å². The van der Waals surface area contributed by atoms with Gasteiger partial charge in [-0.1, -0.05) is 91.0 Å². The van der Waals surface area contributed by atoms with Gasteiger partial charge in [0.25, 0.3) is 9.84 Å². The van der Waals surface area contributed by atoms with E-state index in [0.717, 1.165) is 18.7 Å². The van der Waals surface area contributed by atoms with Crippen LogP contribution in [-0.2, 0) is 27.7 Å². The second-order valence-corrected chi connectivity index (χ2v) is 12.0. The number of hydrogen-bond acceptors (Lipinski definition) is 3.